The third-order valence-electron chi connectivity index (χ3n) is 3.43. The Morgan fingerprint density at radius 1 is 1.23 bits per heavy atom. The molecule has 0 saturated heterocycles. The zero-order chi connectivity index (χ0) is 16.1. The fourth-order valence-corrected chi connectivity index (χ4v) is 2.28. The largest absolute Gasteiger partial charge is 0.354 e. The van der Waals surface area contributed by atoms with Gasteiger partial charge in [0.2, 0.25) is 0 Å². The summed E-state index contributed by atoms with van der Waals surface area (Å²) in [5.74, 6) is -0.147. The maximum absolute atomic E-state index is 11.9. The molecule has 2 aromatic rings. The van der Waals surface area contributed by atoms with Gasteiger partial charge in [0.05, 0.1) is 11.9 Å². The highest BCUT2D eigenvalue weighted by molar-refractivity contribution is 5.92. The molecule has 0 spiro atoms. The topological polar surface area (TPSA) is 54.0 Å². The first-order valence-electron chi connectivity index (χ1n) is 7.63. The van der Waals surface area contributed by atoms with Crippen LogP contribution in [-0.2, 0) is 6.42 Å². The molecule has 0 fully saturated rings. The van der Waals surface area contributed by atoms with Gasteiger partial charge in [0, 0.05) is 11.7 Å². The van der Waals surface area contributed by atoms with Crippen molar-refractivity contribution in [3.8, 4) is 0 Å². The highest BCUT2D eigenvalue weighted by Gasteiger charge is 2.09. The molecule has 1 aromatic heterocycles. The summed E-state index contributed by atoms with van der Waals surface area (Å²) < 4.78 is 0. The van der Waals surface area contributed by atoms with E-state index in [1.54, 1.807) is 12.3 Å². The van der Waals surface area contributed by atoms with Crippen LogP contribution in [0.4, 0.5) is 11.4 Å². The lowest BCUT2D eigenvalue weighted by Gasteiger charge is -2.14. The molecular weight excluding hydrogens is 274 g/mol. The highest BCUT2D eigenvalue weighted by atomic mass is 16.1. The van der Waals surface area contributed by atoms with Gasteiger partial charge in [-0.25, -0.2) is 4.98 Å². The van der Waals surface area contributed by atoms with Crippen LogP contribution in [0, 0.1) is 6.92 Å². The SMILES string of the molecule is CCc1cccc(C)c1Nc1ccc(C(=O)NC(C)C)nc1. The number of para-hydroxylation sites is 1. The van der Waals surface area contributed by atoms with Gasteiger partial charge in [0.15, 0.2) is 0 Å². The molecule has 1 aromatic carbocycles. The van der Waals surface area contributed by atoms with E-state index in [0.717, 1.165) is 17.8 Å². The van der Waals surface area contributed by atoms with Crippen molar-refractivity contribution in [1.29, 1.82) is 0 Å². The van der Waals surface area contributed by atoms with Gasteiger partial charge in [-0.2, -0.15) is 0 Å². The number of nitrogens with zero attached hydrogens (tertiary/aromatic N) is 1. The molecule has 22 heavy (non-hydrogen) atoms. The molecule has 0 radical (unpaired) electrons. The first kappa shape index (κ1) is 16.0. The molecule has 4 nitrogen and oxygen atoms in total. The van der Waals surface area contributed by atoms with E-state index in [-0.39, 0.29) is 11.9 Å². The molecule has 4 heteroatoms. The Morgan fingerprint density at radius 2 is 2.00 bits per heavy atom. The molecular formula is C18H23N3O. The van der Waals surface area contributed by atoms with E-state index in [0.29, 0.717) is 5.69 Å². The zero-order valence-electron chi connectivity index (χ0n) is 13.6. The van der Waals surface area contributed by atoms with E-state index in [1.807, 2.05) is 19.9 Å². The average molecular weight is 297 g/mol. The summed E-state index contributed by atoms with van der Waals surface area (Å²) in [7, 11) is 0. The molecule has 1 amide bonds. The Morgan fingerprint density at radius 3 is 2.59 bits per heavy atom. The molecule has 0 bridgehead atoms. The van der Waals surface area contributed by atoms with Gasteiger partial charge in [0.1, 0.15) is 5.69 Å². The van der Waals surface area contributed by atoms with Crippen molar-refractivity contribution in [1.82, 2.24) is 10.3 Å². The molecule has 1 heterocycles. The summed E-state index contributed by atoms with van der Waals surface area (Å²) in [4.78, 5) is 16.1. The van der Waals surface area contributed by atoms with Crippen LogP contribution < -0.4 is 10.6 Å². The fourth-order valence-electron chi connectivity index (χ4n) is 2.28. The monoisotopic (exact) mass is 297 g/mol. The van der Waals surface area contributed by atoms with Gasteiger partial charge in [-0.3, -0.25) is 4.79 Å². The number of hydrogen-bond donors (Lipinski definition) is 2. The normalized spacial score (nSPS) is 10.6. The standard InChI is InChI=1S/C18H23N3O/c1-5-14-8-6-7-13(4)17(14)21-15-9-10-16(19-11-15)18(22)20-12(2)3/h6-12,21H,5H2,1-4H3,(H,20,22). The first-order chi connectivity index (χ1) is 10.5. The van der Waals surface area contributed by atoms with Crippen molar-refractivity contribution < 1.29 is 4.79 Å². The number of hydrogen-bond acceptors (Lipinski definition) is 3. The second-order valence-corrected chi connectivity index (χ2v) is 5.65. The van der Waals surface area contributed by atoms with Gasteiger partial charge in [-0.15, -0.1) is 0 Å². The molecule has 0 aliphatic heterocycles. The van der Waals surface area contributed by atoms with Gasteiger partial charge >= 0.3 is 0 Å². The predicted octanol–water partition coefficient (Wildman–Crippen LogP) is 3.83. The summed E-state index contributed by atoms with van der Waals surface area (Å²) in [6.45, 7) is 8.08. The van der Waals surface area contributed by atoms with Crippen molar-refractivity contribution in [2.45, 2.75) is 40.2 Å². The third kappa shape index (κ3) is 3.85. The second kappa shape index (κ2) is 7.07. The summed E-state index contributed by atoms with van der Waals surface area (Å²) in [6.07, 6.45) is 2.66. The summed E-state index contributed by atoms with van der Waals surface area (Å²) in [5, 5.41) is 6.24. The Hall–Kier alpha value is -2.36. The zero-order valence-corrected chi connectivity index (χ0v) is 13.6. The first-order valence-corrected chi connectivity index (χ1v) is 7.63. The van der Waals surface area contributed by atoms with E-state index in [4.69, 9.17) is 0 Å². The number of benzene rings is 1. The van der Waals surface area contributed by atoms with Crippen LogP contribution in [0.3, 0.4) is 0 Å². The van der Waals surface area contributed by atoms with Gasteiger partial charge in [0.25, 0.3) is 5.91 Å². The summed E-state index contributed by atoms with van der Waals surface area (Å²) >= 11 is 0. The van der Waals surface area contributed by atoms with Crippen LogP contribution in [0.5, 0.6) is 0 Å². The number of pyridine rings is 1. The quantitative estimate of drug-likeness (QED) is 0.881. The van der Waals surface area contributed by atoms with Gasteiger partial charge in [-0.05, 0) is 50.5 Å². The van der Waals surface area contributed by atoms with Gasteiger partial charge < -0.3 is 10.6 Å². The molecule has 2 N–H and O–H groups in total. The molecule has 0 aliphatic carbocycles. The number of carbonyl (C=O) groups is 1. The Balaban J connectivity index is 2.17. The van der Waals surface area contributed by atoms with Crippen LogP contribution in [0.25, 0.3) is 0 Å². The molecule has 2 rings (SSSR count). The number of aromatic nitrogens is 1. The minimum absolute atomic E-state index is 0.103. The third-order valence-corrected chi connectivity index (χ3v) is 3.43. The Kier molecular flexibility index (Phi) is 5.15. The fraction of sp³-hybridized carbons (Fsp3) is 0.333. The van der Waals surface area contributed by atoms with E-state index in [9.17, 15) is 4.79 Å². The van der Waals surface area contributed by atoms with Crippen LogP contribution in [0.1, 0.15) is 42.4 Å². The van der Waals surface area contributed by atoms with E-state index < -0.39 is 0 Å². The van der Waals surface area contributed by atoms with E-state index >= 15 is 0 Å². The predicted molar refractivity (Wildman–Crippen MR) is 90.7 cm³/mol. The molecule has 0 aliphatic rings. The van der Waals surface area contributed by atoms with Crippen molar-refractivity contribution in [2.75, 3.05) is 5.32 Å². The summed E-state index contributed by atoms with van der Waals surface area (Å²) in [6, 6.07) is 9.99. The smallest absolute Gasteiger partial charge is 0.270 e. The Bertz CT molecular complexity index is 648. The van der Waals surface area contributed by atoms with Crippen LogP contribution in [0.15, 0.2) is 36.5 Å². The maximum Gasteiger partial charge on any atom is 0.270 e. The average Bonchev–Trinajstić information content (AvgIpc) is 2.49. The lowest BCUT2D eigenvalue weighted by Crippen LogP contribution is -2.30. The lowest BCUT2D eigenvalue weighted by molar-refractivity contribution is 0.0938. The molecule has 0 atom stereocenters. The van der Waals surface area contributed by atoms with Gasteiger partial charge in [-0.1, -0.05) is 25.1 Å². The minimum atomic E-state index is -0.147. The van der Waals surface area contributed by atoms with Crippen LogP contribution >= 0.6 is 0 Å². The highest BCUT2D eigenvalue weighted by Crippen LogP contribution is 2.25. The Labute approximate surface area is 132 Å². The minimum Gasteiger partial charge on any atom is -0.354 e. The van der Waals surface area contributed by atoms with Crippen LogP contribution in [0.2, 0.25) is 0 Å². The lowest BCUT2D eigenvalue weighted by atomic mass is 10.1. The van der Waals surface area contributed by atoms with E-state index in [2.05, 4.69) is 47.7 Å². The molecule has 116 valence electrons. The molecule has 0 unspecified atom stereocenters. The van der Waals surface area contributed by atoms with Crippen molar-refractivity contribution in [3.05, 3.63) is 53.3 Å². The molecule has 0 saturated carbocycles. The number of aryl methyl sites for hydroxylation is 2. The number of amides is 1. The number of carbonyl (C=O) groups excluding carboxylic acids is 1. The van der Waals surface area contributed by atoms with Crippen molar-refractivity contribution in [3.63, 3.8) is 0 Å². The number of anilines is 2. The van der Waals surface area contributed by atoms with Crippen molar-refractivity contribution >= 4 is 17.3 Å². The van der Waals surface area contributed by atoms with Crippen molar-refractivity contribution in [2.24, 2.45) is 0 Å². The van der Waals surface area contributed by atoms with E-state index in [1.165, 1.54) is 11.1 Å². The maximum atomic E-state index is 11.9. The summed E-state index contributed by atoms with van der Waals surface area (Å²) in [5.41, 5.74) is 4.89. The van der Waals surface area contributed by atoms with Crippen LogP contribution in [-0.4, -0.2) is 16.9 Å². The second-order valence-electron chi connectivity index (χ2n) is 5.65. The number of nitrogens with one attached hydrogen (secondary N) is 2. The number of rotatable bonds is 5.